The SMILES string of the molecule is CCc1cccc(CC)c1NC(=O)CNc1cccc(Cl)c1C. The Morgan fingerprint density at radius 3 is 2.26 bits per heavy atom. The number of amides is 1. The molecule has 1 amide bonds. The fraction of sp³-hybridized carbons (Fsp3) is 0.316. The molecule has 0 aliphatic heterocycles. The summed E-state index contributed by atoms with van der Waals surface area (Å²) in [4.78, 5) is 12.3. The second kappa shape index (κ2) is 8.02. The summed E-state index contributed by atoms with van der Waals surface area (Å²) < 4.78 is 0. The van der Waals surface area contributed by atoms with Gasteiger partial charge >= 0.3 is 0 Å². The fourth-order valence-electron chi connectivity index (χ4n) is 2.56. The van der Waals surface area contributed by atoms with E-state index >= 15 is 0 Å². The number of benzene rings is 2. The molecule has 0 radical (unpaired) electrons. The molecule has 0 heterocycles. The molecule has 0 saturated heterocycles. The normalized spacial score (nSPS) is 10.4. The van der Waals surface area contributed by atoms with E-state index in [-0.39, 0.29) is 12.5 Å². The first-order chi connectivity index (χ1) is 11.1. The van der Waals surface area contributed by atoms with Gasteiger partial charge in [-0.05, 0) is 48.6 Å². The monoisotopic (exact) mass is 330 g/mol. The lowest BCUT2D eigenvalue weighted by molar-refractivity contribution is -0.114. The molecule has 2 rings (SSSR count). The number of hydrogen-bond donors (Lipinski definition) is 2. The summed E-state index contributed by atoms with van der Waals surface area (Å²) in [6, 6.07) is 11.8. The Balaban J connectivity index is 2.07. The zero-order valence-corrected chi connectivity index (χ0v) is 14.6. The maximum absolute atomic E-state index is 12.3. The predicted octanol–water partition coefficient (Wildman–Crippen LogP) is 4.82. The Hall–Kier alpha value is -2.00. The van der Waals surface area contributed by atoms with Crippen LogP contribution in [-0.2, 0) is 17.6 Å². The van der Waals surface area contributed by atoms with Crippen LogP contribution in [0.15, 0.2) is 36.4 Å². The third-order valence-electron chi connectivity index (χ3n) is 3.97. The van der Waals surface area contributed by atoms with E-state index in [0.717, 1.165) is 40.9 Å². The fourth-order valence-corrected chi connectivity index (χ4v) is 2.74. The van der Waals surface area contributed by atoms with Crippen LogP contribution >= 0.6 is 11.6 Å². The molecule has 0 atom stereocenters. The molecule has 122 valence electrons. The van der Waals surface area contributed by atoms with Crippen LogP contribution in [0.3, 0.4) is 0 Å². The first kappa shape index (κ1) is 17.4. The lowest BCUT2D eigenvalue weighted by Gasteiger charge is -2.15. The van der Waals surface area contributed by atoms with Crippen LogP contribution in [0.25, 0.3) is 0 Å². The minimum atomic E-state index is -0.0556. The van der Waals surface area contributed by atoms with Gasteiger partial charge in [-0.3, -0.25) is 4.79 Å². The molecule has 3 nitrogen and oxygen atoms in total. The maximum Gasteiger partial charge on any atom is 0.243 e. The molecule has 2 aromatic rings. The average molecular weight is 331 g/mol. The second-order valence-electron chi connectivity index (χ2n) is 5.47. The molecule has 0 saturated carbocycles. The highest BCUT2D eigenvalue weighted by Gasteiger charge is 2.10. The number of para-hydroxylation sites is 1. The standard InChI is InChI=1S/C19H23ClN2O/c1-4-14-8-6-9-15(5-2)19(14)22-18(23)12-21-17-11-7-10-16(20)13(17)3/h6-11,21H,4-5,12H2,1-3H3,(H,22,23). The zero-order chi connectivity index (χ0) is 16.8. The molecule has 0 spiro atoms. The number of carbonyl (C=O) groups is 1. The molecule has 2 aromatic carbocycles. The molecule has 2 N–H and O–H groups in total. The third-order valence-corrected chi connectivity index (χ3v) is 4.38. The van der Waals surface area contributed by atoms with Gasteiger partial charge in [-0.15, -0.1) is 0 Å². The predicted molar refractivity (Wildman–Crippen MR) is 98.5 cm³/mol. The highest BCUT2D eigenvalue weighted by Crippen LogP contribution is 2.24. The minimum absolute atomic E-state index is 0.0556. The van der Waals surface area contributed by atoms with Gasteiger partial charge in [-0.2, -0.15) is 0 Å². The summed E-state index contributed by atoms with van der Waals surface area (Å²) in [5.74, 6) is -0.0556. The molecule has 4 heteroatoms. The minimum Gasteiger partial charge on any atom is -0.376 e. The van der Waals surface area contributed by atoms with Crippen molar-refractivity contribution in [3.63, 3.8) is 0 Å². The van der Waals surface area contributed by atoms with Crippen molar-refractivity contribution in [2.45, 2.75) is 33.6 Å². The van der Waals surface area contributed by atoms with Gasteiger partial charge < -0.3 is 10.6 Å². The number of hydrogen-bond acceptors (Lipinski definition) is 2. The number of rotatable bonds is 6. The van der Waals surface area contributed by atoms with Crippen LogP contribution in [0.2, 0.25) is 5.02 Å². The van der Waals surface area contributed by atoms with Crippen LogP contribution in [0.1, 0.15) is 30.5 Å². The van der Waals surface area contributed by atoms with Gasteiger partial charge in [-0.25, -0.2) is 0 Å². The van der Waals surface area contributed by atoms with Gasteiger partial charge in [0.05, 0.1) is 6.54 Å². The van der Waals surface area contributed by atoms with E-state index < -0.39 is 0 Å². The zero-order valence-electron chi connectivity index (χ0n) is 13.9. The molecular weight excluding hydrogens is 308 g/mol. The smallest absolute Gasteiger partial charge is 0.243 e. The van der Waals surface area contributed by atoms with Crippen molar-refractivity contribution in [2.24, 2.45) is 0 Å². The molecule has 0 aliphatic rings. The summed E-state index contributed by atoms with van der Waals surface area (Å²) in [6.45, 7) is 6.34. The molecule has 0 bridgehead atoms. The highest BCUT2D eigenvalue weighted by atomic mass is 35.5. The van der Waals surface area contributed by atoms with Crippen molar-refractivity contribution in [1.29, 1.82) is 0 Å². The molecular formula is C19H23ClN2O. The van der Waals surface area contributed by atoms with E-state index in [4.69, 9.17) is 11.6 Å². The summed E-state index contributed by atoms with van der Waals surface area (Å²) in [7, 11) is 0. The van der Waals surface area contributed by atoms with Crippen molar-refractivity contribution in [1.82, 2.24) is 0 Å². The van der Waals surface area contributed by atoms with Gasteiger partial charge in [-0.1, -0.05) is 49.7 Å². The topological polar surface area (TPSA) is 41.1 Å². The highest BCUT2D eigenvalue weighted by molar-refractivity contribution is 6.31. The number of nitrogens with one attached hydrogen (secondary N) is 2. The molecule has 0 aromatic heterocycles. The number of aryl methyl sites for hydroxylation is 2. The lowest BCUT2D eigenvalue weighted by Crippen LogP contribution is -2.23. The number of halogens is 1. The van der Waals surface area contributed by atoms with Crippen LogP contribution in [0, 0.1) is 6.92 Å². The van der Waals surface area contributed by atoms with Gasteiger partial charge in [0.15, 0.2) is 0 Å². The summed E-state index contributed by atoms with van der Waals surface area (Å²) in [5.41, 5.74) is 5.11. The lowest BCUT2D eigenvalue weighted by atomic mass is 10.0. The van der Waals surface area contributed by atoms with E-state index in [9.17, 15) is 4.79 Å². The molecule has 0 fully saturated rings. The first-order valence-corrected chi connectivity index (χ1v) is 8.34. The molecule has 0 unspecified atom stereocenters. The molecule has 0 aliphatic carbocycles. The Bertz CT molecular complexity index is 676. The van der Waals surface area contributed by atoms with Crippen molar-refractivity contribution in [2.75, 3.05) is 17.2 Å². The Kier molecular flexibility index (Phi) is 6.05. The van der Waals surface area contributed by atoms with Gasteiger partial charge in [0, 0.05) is 16.4 Å². The van der Waals surface area contributed by atoms with E-state index in [2.05, 4.69) is 36.6 Å². The van der Waals surface area contributed by atoms with Crippen molar-refractivity contribution in [3.05, 3.63) is 58.1 Å². The summed E-state index contributed by atoms with van der Waals surface area (Å²) in [6.07, 6.45) is 1.79. The van der Waals surface area contributed by atoms with Crippen LogP contribution in [-0.4, -0.2) is 12.5 Å². The average Bonchev–Trinajstić information content (AvgIpc) is 2.56. The van der Waals surface area contributed by atoms with Crippen molar-refractivity contribution < 1.29 is 4.79 Å². The van der Waals surface area contributed by atoms with E-state index in [1.54, 1.807) is 0 Å². The number of carbonyl (C=O) groups excluding carboxylic acids is 1. The second-order valence-corrected chi connectivity index (χ2v) is 5.88. The van der Waals surface area contributed by atoms with Gasteiger partial charge in [0.25, 0.3) is 0 Å². The number of anilines is 2. The first-order valence-electron chi connectivity index (χ1n) is 7.96. The Labute approximate surface area is 143 Å². The quantitative estimate of drug-likeness (QED) is 0.797. The van der Waals surface area contributed by atoms with Crippen LogP contribution in [0.5, 0.6) is 0 Å². The third kappa shape index (κ3) is 4.26. The summed E-state index contributed by atoms with van der Waals surface area (Å²) >= 11 is 6.10. The van der Waals surface area contributed by atoms with Gasteiger partial charge in [0.1, 0.15) is 0 Å². The van der Waals surface area contributed by atoms with E-state index in [1.807, 2.05) is 31.2 Å². The largest absolute Gasteiger partial charge is 0.376 e. The van der Waals surface area contributed by atoms with Crippen molar-refractivity contribution >= 4 is 28.9 Å². The summed E-state index contributed by atoms with van der Waals surface area (Å²) in [5, 5.41) is 6.90. The maximum atomic E-state index is 12.3. The van der Waals surface area contributed by atoms with Crippen molar-refractivity contribution in [3.8, 4) is 0 Å². The molecule has 23 heavy (non-hydrogen) atoms. The van der Waals surface area contributed by atoms with Crippen LogP contribution < -0.4 is 10.6 Å². The van der Waals surface area contributed by atoms with E-state index in [0.29, 0.717) is 5.02 Å². The Morgan fingerprint density at radius 1 is 1.04 bits per heavy atom. The van der Waals surface area contributed by atoms with Crippen LogP contribution in [0.4, 0.5) is 11.4 Å². The Morgan fingerprint density at radius 2 is 1.65 bits per heavy atom. The van der Waals surface area contributed by atoms with Gasteiger partial charge in [0.2, 0.25) is 5.91 Å². The van der Waals surface area contributed by atoms with E-state index in [1.165, 1.54) is 0 Å².